The topological polar surface area (TPSA) is 26.7 Å². The highest BCUT2D eigenvalue weighted by atomic mass is 19.2. The fourth-order valence-corrected chi connectivity index (χ4v) is 3.77. The van der Waals surface area contributed by atoms with Crippen LogP contribution in [0.3, 0.4) is 0 Å². The molecule has 2 saturated heterocycles. The summed E-state index contributed by atoms with van der Waals surface area (Å²) in [5.74, 6) is -0.839. The summed E-state index contributed by atoms with van der Waals surface area (Å²) in [6, 6.07) is 4.10. The van der Waals surface area contributed by atoms with Gasteiger partial charge in [-0.05, 0) is 55.5 Å². The molecule has 0 amide bonds. The summed E-state index contributed by atoms with van der Waals surface area (Å²) in [6.07, 6.45) is 2.55. The van der Waals surface area contributed by atoms with Crippen LogP contribution in [0.1, 0.15) is 18.4 Å². The molecule has 0 bridgehead atoms. The van der Waals surface area contributed by atoms with Gasteiger partial charge in [0.1, 0.15) is 0 Å². The fourth-order valence-electron chi connectivity index (χ4n) is 3.77. The molecule has 122 valence electrons. The third kappa shape index (κ3) is 3.65. The average Bonchev–Trinajstić information content (AvgIpc) is 3.13. The number of halogens is 2. The van der Waals surface area contributed by atoms with Gasteiger partial charge in [0.25, 0.3) is 0 Å². The molecular weight excluding hydrogens is 286 g/mol. The quantitative estimate of drug-likeness (QED) is 0.902. The predicted octanol–water partition coefficient (Wildman–Crippen LogP) is 2.10. The highest BCUT2D eigenvalue weighted by molar-refractivity contribution is 5.18. The van der Waals surface area contributed by atoms with Crippen LogP contribution in [0.25, 0.3) is 0 Å². The summed E-state index contributed by atoms with van der Waals surface area (Å²) in [4.78, 5) is 4.72. The molecule has 0 unspecified atom stereocenters. The van der Waals surface area contributed by atoms with E-state index in [2.05, 4.69) is 9.80 Å². The summed E-state index contributed by atoms with van der Waals surface area (Å²) < 4.78 is 26.3. The molecule has 5 heteroatoms. The molecule has 3 nitrogen and oxygen atoms in total. The second kappa shape index (κ2) is 7.02. The normalized spacial score (nSPS) is 26.9. The molecule has 1 aromatic rings. The molecule has 2 aliphatic heterocycles. The molecule has 2 aliphatic rings. The minimum Gasteiger partial charge on any atom is -0.396 e. The van der Waals surface area contributed by atoms with E-state index in [0.717, 1.165) is 38.3 Å². The Morgan fingerprint density at radius 2 is 1.73 bits per heavy atom. The predicted molar refractivity (Wildman–Crippen MR) is 81.4 cm³/mol. The molecule has 0 radical (unpaired) electrons. The Bertz CT molecular complexity index is 505. The van der Waals surface area contributed by atoms with Crippen LogP contribution in [-0.4, -0.2) is 54.2 Å². The van der Waals surface area contributed by atoms with Crippen molar-refractivity contribution in [3.63, 3.8) is 0 Å². The molecule has 3 rings (SSSR count). The van der Waals surface area contributed by atoms with Crippen LogP contribution in [0.4, 0.5) is 8.78 Å². The molecule has 0 saturated carbocycles. The van der Waals surface area contributed by atoms with E-state index in [9.17, 15) is 13.9 Å². The van der Waals surface area contributed by atoms with Gasteiger partial charge in [0.05, 0.1) is 0 Å². The first-order chi connectivity index (χ1) is 10.7. The maximum Gasteiger partial charge on any atom is 0.159 e. The molecule has 2 heterocycles. The lowest BCUT2D eigenvalue weighted by Gasteiger charge is -2.23. The molecule has 1 N–H and O–H groups in total. The Kier molecular flexibility index (Phi) is 5.06. The first-order valence-corrected chi connectivity index (χ1v) is 8.15. The SMILES string of the molecule is OC[C@@H]1CN(Cc2ccc(F)c(F)c2)C[C@@H]1CN1CCCC1. The van der Waals surface area contributed by atoms with Crippen LogP contribution in [0, 0.1) is 23.5 Å². The summed E-state index contributed by atoms with van der Waals surface area (Å²) in [6.45, 7) is 5.93. The van der Waals surface area contributed by atoms with Gasteiger partial charge in [0, 0.05) is 32.8 Å². The number of likely N-dealkylation sites (tertiary alicyclic amines) is 2. The molecule has 0 aromatic heterocycles. The zero-order chi connectivity index (χ0) is 15.5. The van der Waals surface area contributed by atoms with Gasteiger partial charge in [-0.15, -0.1) is 0 Å². The number of aliphatic hydroxyl groups is 1. The summed E-state index contributed by atoms with van der Waals surface area (Å²) in [7, 11) is 0. The first kappa shape index (κ1) is 15.8. The van der Waals surface area contributed by atoms with Crippen LogP contribution in [0.5, 0.6) is 0 Å². The zero-order valence-electron chi connectivity index (χ0n) is 12.8. The maximum absolute atomic E-state index is 13.3. The monoisotopic (exact) mass is 310 g/mol. The van der Waals surface area contributed by atoms with E-state index in [1.807, 2.05) is 0 Å². The highest BCUT2D eigenvalue weighted by Gasteiger charge is 2.33. The van der Waals surface area contributed by atoms with Crippen LogP contribution in [-0.2, 0) is 6.54 Å². The Morgan fingerprint density at radius 3 is 2.41 bits per heavy atom. The molecular formula is C17H24F2N2O. The van der Waals surface area contributed by atoms with Gasteiger partial charge in [0.2, 0.25) is 0 Å². The number of hydrogen-bond acceptors (Lipinski definition) is 3. The molecule has 0 spiro atoms. The minimum atomic E-state index is -0.801. The number of nitrogens with zero attached hydrogens (tertiary/aromatic N) is 2. The summed E-state index contributed by atoms with van der Waals surface area (Å²) in [5.41, 5.74) is 0.789. The van der Waals surface area contributed by atoms with E-state index in [-0.39, 0.29) is 12.5 Å². The van der Waals surface area contributed by atoms with Gasteiger partial charge in [-0.2, -0.15) is 0 Å². The van der Waals surface area contributed by atoms with Gasteiger partial charge < -0.3 is 10.0 Å². The second-order valence-corrected chi connectivity index (χ2v) is 6.65. The average molecular weight is 310 g/mol. The number of benzene rings is 1. The minimum absolute atomic E-state index is 0.201. The lowest BCUT2D eigenvalue weighted by molar-refractivity contribution is 0.175. The van der Waals surface area contributed by atoms with Crippen molar-refractivity contribution in [2.45, 2.75) is 19.4 Å². The largest absolute Gasteiger partial charge is 0.396 e. The second-order valence-electron chi connectivity index (χ2n) is 6.65. The van der Waals surface area contributed by atoms with Crippen molar-refractivity contribution in [1.29, 1.82) is 0 Å². The van der Waals surface area contributed by atoms with Crippen molar-refractivity contribution in [2.75, 3.05) is 39.3 Å². The van der Waals surface area contributed by atoms with E-state index in [1.165, 1.54) is 25.0 Å². The van der Waals surface area contributed by atoms with Gasteiger partial charge in [-0.3, -0.25) is 4.90 Å². The van der Waals surface area contributed by atoms with Crippen molar-refractivity contribution >= 4 is 0 Å². The third-order valence-corrected chi connectivity index (χ3v) is 4.97. The van der Waals surface area contributed by atoms with E-state index in [1.54, 1.807) is 6.07 Å². The van der Waals surface area contributed by atoms with Crippen molar-refractivity contribution < 1.29 is 13.9 Å². The maximum atomic E-state index is 13.3. The molecule has 2 fully saturated rings. The van der Waals surface area contributed by atoms with Crippen molar-refractivity contribution in [3.8, 4) is 0 Å². The summed E-state index contributed by atoms with van der Waals surface area (Å²) >= 11 is 0. The molecule has 2 atom stereocenters. The van der Waals surface area contributed by atoms with E-state index in [0.29, 0.717) is 12.5 Å². The Morgan fingerprint density at radius 1 is 1.00 bits per heavy atom. The smallest absolute Gasteiger partial charge is 0.159 e. The Balaban J connectivity index is 1.59. The number of aliphatic hydroxyl groups excluding tert-OH is 1. The molecule has 1 aromatic carbocycles. The van der Waals surface area contributed by atoms with Crippen LogP contribution in [0.15, 0.2) is 18.2 Å². The lowest BCUT2D eigenvalue weighted by Crippen LogP contribution is -2.31. The molecule has 22 heavy (non-hydrogen) atoms. The summed E-state index contributed by atoms with van der Waals surface area (Å²) in [5, 5.41) is 9.62. The van der Waals surface area contributed by atoms with E-state index in [4.69, 9.17) is 0 Å². The zero-order valence-corrected chi connectivity index (χ0v) is 12.8. The molecule has 0 aliphatic carbocycles. The van der Waals surface area contributed by atoms with Crippen LogP contribution >= 0.6 is 0 Å². The van der Waals surface area contributed by atoms with Crippen molar-refractivity contribution in [1.82, 2.24) is 9.80 Å². The highest BCUT2D eigenvalue weighted by Crippen LogP contribution is 2.27. The van der Waals surface area contributed by atoms with Gasteiger partial charge in [0.15, 0.2) is 11.6 Å². The first-order valence-electron chi connectivity index (χ1n) is 8.15. The lowest BCUT2D eigenvalue weighted by atomic mass is 9.96. The van der Waals surface area contributed by atoms with Crippen LogP contribution < -0.4 is 0 Å². The van der Waals surface area contributed by atoms with Gasteiger partial charge in [-0.25, -0.2) is 8.78 Å². The van der Waals surface area contributed by atoms with Crippen LogP contribution in [0.2, 0.25) is 0 Å². The Hall–Kier alpha value is -1.04. The van der Waals surface area contributed by atoms with Gasteiger partial charge >= 0.3 is 0 Å². The standard InChI is InChI=1S/C17H24F2N2O/c18-16-4-3-13(7-17(16)19)8-21-10-14(15(11-21)12-22)9-20-5-1-2-6-20/h3-4,7,14-15,22H,1-2,5-6,8-12H2/t14-,15-/m0/s1. The van der Waals surface area contributed by atoms with E-state index >= 15 is 0 Å². The number of rotatable bonds is 5. The Labute approximate surface area is 130 Å². The third-order valence-electron chi connectivity index (χ3n) is 4.97. The number of hydrogen-bond donors (Lipinski definition) is 1. The van der Waals surface area contributed by atoms with Gasteiger partial charge in [-0.1, -0.05) is 6.07 Å². The van der Waals surface area contributed by atoms with E-state index < -0.39 is 11.6 Å². The fraction of sp³-hybridized carbons (Fsp3) is 0.647. The van der Waals surface area contributed by atoms with Crippen molar-refractivity contribution in [2.24, 2.45) is 11.8 Å². The van der Waals surface area contributed by atoms with Crippen molar-refractivity contribution in [3.05, 3.63) is 35.4 Å².